The number of aliphatic hydroxyl groups excluding tert-OH is 1. The van der Waals surface area contributed by atoms with Gasteiger partial charge in [0.2, 0.25) is 11.8 Å². The summed E-state index contributed by atoms with van der Waals surface area (Å²) in [4.78, 5) is 54.5. The molecule has 236 valence electrons. The molecule has 0 bridgehead atoms. The number of rotatable bonds is 18. The minimum Gasteiger partial charge on any atom is -0.463 e. The summed E-state index contributed by atoms with van der Waals surface area (Å²) in [6, 6.07) is 17.1. The molecule has 1 saturated heterocycles. The Bertz CT molecular complexity index is 1230. The van der Waals surface area contributed by atoms with Crippen molar-refractivity contribution < 1.29 is 33.8 Å². The van der Waals surface area contributed by atoms with Gasteiger partial charge in [-0.15, -0.1) is 13.2 Å². The Morgan fingerprint density at radius 3 is 2.25 bits per heavy atom. The third kappa shape index (κ3) is 10.8. The lowest BCUT2D eigenvalue weighted by molar-refractivity contribution is -0.157. The molecule has 3 rings (SSSR count). The van der Waals surface area contributed by atoms with Crippen LogP contribution in [0.25, 0.3) is 0 Å². The van der Waals surface area contributed by atoms with E-state index in [1.807, 2.05) is 48.5 Å². The van der Waals surface area contributed by atoms with E-state index in [-0.39, 0.29) is 38.0 Å². The van der Waals surface area contributed by atoms with Gasteiger partial charge >= 0.3 is 11.9 Å². The second-order valence-electron chi connectivity index (χ2n) is 11.0. The molecule has 2 N–H and O–H groups in total. The number of carbonyl (C=O) groups excluding carboxylic acids is 4. The Hall–Kier alpha value is -4.24. The van der Waals surface area contributed by atoms with Gasteiger partial charge in [0.25, 0.3) is 0 Å². The van der Waals surface area contributed by atoms with Crippen molar-refractivity contribution in [3.63, 3.8) is 0 Å². The van der Waals surface area contributed by atoms with Crippen molar-refractivity contribution in [1.29, 1.82) is 0 Å². The van der Waals surface area contributed by atoms with Crippen molar-refractivity contribution in [2.75, 3.05) is 19.8 Å². The number of aliphatic hydroxyl groups is 1. The van der Waals surface area contributed by atoms with E-state index in [0.29, 0.717) is 32.2 Å². The maximum atomic E-state index is 13.4. The van der Waals surface area contributed by atoms with Crippen LogP contribution in [0.3, 0.4) is 0 Å². The van der Waals surface area contributed by atoms with Crippen molar-refractivity contribution >= 4 is 23.8 Å². The fraction of sp³-hybridized carbons (Fsp3) is 0.429. The lowest BCUT2D eigenvalue weighted by atomic mass is 9.95. The molecule has 9 heteroatoms. The lowest BCUT2D eigenvalue weighted by Crippen LogP contribution is -2.48. The van der Waals surface area contributed by atoms with Crippen LogP contribution in [-0.4, -0.2) is 65.6 Å². The molecule has 2 amide bonds. The van der Waals surface area contributed by atoms with Gasteiger partial charge in [0.15, 0.2) is 6.04 Å². The molecule has 1 aliphatic heterocycles. The highest BCUT2D eigenvalue weighted by Gasteiger charge is 2.33. The standard InChI is InChI=1S/C35H44N2O7/c1-3-5-18-29(21-26-14-8-6-9-15-26)34(41)44-25-31(35(42)43-24-27-16-10-7-11-17-27)36-33(40)28(13-4-2)22-32(39)37-20-12-19-30(37)23-38/h3-4,6-11,14-17,28-31,38H,1-2,5,12-13,18-25H2,(H,36,40). The number of amides is 2. The number of hydrogen-bond acceptors (Lipinski definition) is 7. The van der Waals surface area contributed by atoms with E-state index in [2.05, 4.69) is 18.5 Å². The van der Waals surface area contributed by atoms with Crippen molar-refractivity contribution in [3.8, 4) is 0 Å². The average Bonchev–Trinajstić information content (AvgIpc) is 3.53. The highest BCUT2D eigenvalue weighted by atomic mass is 16.6. The van der Waals surface area contributed by atoms with Crippen LogP contribution in [0.4, 0.5) is 0 Å². The van der Waals surface area contributed by atoms with Crippen LogP contribution in [0.5, 0.6) is 0 Å². The molecule has 4 unspecified atom stereocenters. The van der Waals surface area contributed by atoms with Crippen molar-refractivity contribution in [3.05, 3.63) is 97.1 Å². The van der Waals surface area contributed by atoms with E-state index in [1.54, 1.807) is 29.2 Å². The van der Waals surface area contributed by atoms with Gasteiger partial charge in [-0.1, -0.05) is 72.8 Å². The number of nitrogens with one attached hydrogen (secondary N) is 1. The topological polar surface area (TPSA) is 122 Å². The first-order chi connectivity index (χ1) is 21.4. The van der Waals surface area contributed by atoms with Gasteiger partial charge in [0.05, 0.1) is 24.5 Å². The third-order valence-corrected chi connectivity index (χ3v) is 7.75. The molecule has 0 aromatic heterocycles. The van der Waals surface area contributed by atoms with E-state index in [0.717, 1.165) is 17.5 Å². The summed E-state index contributed by atoms with van der Waals surface area (Å²) in [5.41, 5.74) is 1.73. The predicted octanol–water partition coefficient (Wildman–Crippen LogP) is 4.15. The van der Waals surface area contributed by atoms with Gasteiger partial charge in [0, 0.05) is 13.0 Å². The minimum atomic E-state index is -1.29. The van der Waals surface area contributed by atoms with Crippen LogP contribution in [0.2, 0.25) is 0 Å². The Morgan fingerprint density at radius 1 is 0.932 bits per heavy atom. The van der Waals surface area contributed by atoms with Gasteiger partial charge in [-0.3, -0.25) is 14.4 Å². The second-order valence-corrected chi connectivity index (χ2v) is 11.0. The number of esters is 2. The van der Waals surface area contributed by atoms with E-state index < -0.39 is 42.3 Å². The second kappa shape index (κ2) is 18.4. The fourth-order valence-corrected chi connectivity index (χ4v) is 5.26. The minimum absolute atomic E-state index is 0.0258. The summed E-state index contributed by atoms with van der Waals surface area (Å²) in [5, 5.41) is 12.3. The normalized spacial score (nSPS) is 16.3. The van der Waals surface area contributed by atoms with Crippen LogP contribution in [0, 0.1) is 11.8 Å². The molecule has 9 nitrogen and oxygen atoms in total. The van der Waals surface area contributed by atoms with E-state index in [4.69, 9.17) is 9.47 Å². The van der Waals surface area contributed by atoms with Gasteiger partial charge in [0.1, 0.15) is 13.2 Å². The highest BCUT2D eigenvalue weighted by Crippen LogP contribution is 2.21. The van der Waals surface area contributed by atoms with Gasteiger partial charge < -0.3 is 24.8 Å². The molecule has 0 spiro atoms. The lowest BCUT2D eigenvalue weighted by Gasteiger charge is -2.26. The Kier molecular flexibility index (Phi) is 14.3. The van der Waals surface area contributed by atoms with Crippen LogP contribution in [-0.2, 0) is 41.7 Å². The SMILES string of the molecule is C=CCCC(Cc1ccccc1)C(=O)OCC(NC(=O)C(CC=C)CC(=O)N1CCCC1CO)C(=O)OCc1ccccc1. The summed E-state index contributed by atoms with van der Waals surface area (Å²) in [5.74, 6) is -3.33. The monoisotopic (exact) mass is 604 g/mol. The predicted molar refractivity (Wildman–Crippen MR) is 167 cm³/mol. The van der Waals surface area contributed by atoms with Crippen LogP contribution < -0.4 is 5.32 Å². The van der Waals surface area contributed by atoms with Crippen LogP contribution in [0.15, 0.2) is 86.0 Å². The number of likely N-dealkylation sites (tertiary alicyclic amines) is 1. The van der Waals surface area contributed by atoms with Gasteiger partial charge in [-0.25, -0.2) is 4.79 Å². The largest absolute Gasteiger partial charge is 0.463 e. The van der Waals surface area contributed by atoms with Gasteiger partial charge in [-0.2, -0.15) is 0 Å². The molecule has 1 aliphatic rings. The zero-order chi connectivity index (χ0) is 31.7. The summed E-state index contributed by atoms with van der Waals surface area (Å²) in [7, 11) is 0. The number of allylic oxidation sites excluding steroid dienone is 2. The number of ether oxygens (including phenoxy) is 2. The van der Waals surface area contributed by atoms with Crippen LogP contribution in [0.1, 0.15) is 49.7 Å². The van der Waals surface area contributed by atoms with Gasteiger partial charge in [-0.05, 0) is 49.7 Å². The van der Waals surface area contributed by atoms with E-state index in [9.17, 15) is 24.3 Å². The summed E-state index contributed by atoms with van der Waals surface area (Å²) in [6.45, 7) is 7.41. The smallest absolute Gasteiger partial charge is 0.332 e. The molecule has 44 heavy (non-hydrogen) atoms. The maximum absolute atomic E-state index is 13.4. The highest BCUT2D eigenvalue weighted by molar-refractivity contribution is 5.89. The Balaban J connectivity index is 1.71. The molecular weight excluding hydrogens is 560 g/mol. The molecule has 0 aliphatic carbocycles. The van der Waals surface area contributed by atoms with E-state index >= 15 is 0 Å². The Labute approximate surface area is 259 Å². The fourth-order valence-electron chi connectivity index (χ4n) is 5.26. The Morgan fingerprint density at radius 2 is 1.61 bits per heavy atom. The zero-order valence-electron chi connectivity index (χ0n) is 25.3. The first kappa shape index (κ1) is 34.3. The van der Waals surface area contributed by atoms with E-state index in [1.165, 1.54) is 0 Å². The molecule has 4 atom stereocenters. The molecule has 1 fully saturated rings. The molecular formula is C35H44N2O7. The first-order valence-electron chi connectivity index (χ1n) is 15.2. The average molecular weight is 605 g/mol. The number of hydrogen-bond donors (Lipinski definition) is 2. The summed E-state index contributed by atoms with van der Waals surface area (Å²) >= 11 is 0. The molecule has 1 heterocycles. The number of carbonyl (C=O) groups is 4. The molecule has 0 radical (unpaired) electrons. The van der Waals surface area contributed by atoms with Crippen molar-refractivity contribution in [1.82, 2.24) is 10.2 Å². The summed E-state index contributed by atoms with van der Waals surface area (Å²) < 4.78 is 11.1. The summed E-state index contributed by atoms with van der Waals surface area (Å²) in [6.07, 6.45) is 6.44. The zero-order valence-corrected chi connectivity index (χ0v) is 25.3. The third-order valence-electron chi connectivity index (χ3n) is 7.75. The van der Waals surface area contributed by atoms with Crippen LogP contribution >= 0.6 is 0 Å². The molecule has 2 aromatic rings. The van der Waals surface area contributed by atoms with Crippen molar-refractivity contribution in [2.45, 2.75) is 63.6 Å². The number of benzene rings is 2. The first-order valence-corrected chi connectivity index (χ1v) is 15.2. The van der Waals surface area contributed by atoms with Crippen molar-refractivity contribution in [2.24, 2.45) is 11.8 Å². The quantitative estimate of drug-likeness (QED) is 0.194. The molecule has 0 saturated carbocycles. The molecule has 2 aromatic carbocycles. The number of nitrogens with zero attached hydrogens (tertiary/aromatic N) is 1. The maximum Gasteiger partial charge on any atom is 0.332 e.